The van der Waals surface area contributed by atoms with Gasteiger partial charge in [0, 0.05) is 49.4 Å². The average Bonchev–Trinajstić information content (AvgIpc) is 3.22. The molecule has 7 nitrogen and oxygen atoms in total. The minimum atomic E-state index is -4.13. The maximum absolute atomic E-state index is 13.6. The summed E-state index contributed by atoms with van der Waals surface area (Å²) in [5.74, 6) is -1.67. The molecule has 1 unspecified atom stereocenters. The number of anilines is 1. The molecule has 2 aromatic rings. The zero-order chi connectivity index (χ0) is 21.6. The quantitative estimate of drug-likeness (QED) is 0.718. The Morgan fingerprint density at radius 3 is 2.38 bits per heavy atom. The number of benzene rings is 1. The highest BCUT2D eigenvalue weighted by atomic mass is 19.4. The maximum atomic E-state index is 13.6. The van der Waals surface area contributed by atoms with Gasteiger partial charge in [-0.3, -0.25) is 4.79 Å². The normalized spacial score (nSPS) is 16.2. The summed E-state index contributed by atoms with van der Waals surface area (Å²) >= 11 is 0. The van der Waals surface area contributed by atoms with Crippen LogP contribution in [0, 0.1) is 11.6 Å². The molecule has 1 atom stereocenters. The van der Waals surface area contributed by atoms with Crippen LogP contribution < -0.4 is 15.8 Å². The Bertz CT molecular complexity index is 818. The van der Waals surface area contributed by atoms with Crippen LogP contribution in [0.4, 0.5) is 28.0 Å². The maximum Gasteiger partial charge on any atom is 0.389 e. The molecule has 2 heterocycles. The Morgan fingerprint density at radius 1 is 1.28 bits per heavy atom. The van der Waals surface area contributed by atoms with Crippen LogP contribution in [0.15, 0.2) is 16.5 Å². The van der Waals surface area contributed by atoms with Gasteiger partial charge in [-0.25, -0.2) is 8.78 Å². The summed E-state index contributed by atoms with van der Waals surface area (Å²) in [5.41, 5.74) is 5.03. The highest BCUT2D eigenvalue weighted by Crippen LogP contribution is 2.30. The van der Waals surface area contributed by atoms with Crippen molar-refractivity contribution in [3.63, 3.8) is 0 Å². The standard InChI is InChI=1S/C11H11F2NO2.C6H8F3N3O/c1-16-7-3-8(12)11(9(13)4-7)6-2-10(15)14-5-6;7-6(8,9)3-1-2-4-11-12-5(10)13-4/h3-4,6H,2,5H2,1H3,(H,14,15);1-3H2,(H2,10,12). The summed E-state index contributed by atoms with van der Waals surface area (Å²) in [6.45, 7) is 0.277. The first-order valence-electron chi connectivity index (χ1n) is 8.53. The lowest BCUT2D eigenvalue weighted by atomic mass is 9.97. The van der Waals surface area contributed by atoms with Crippen molar-refractivity contribution < 1.29 is 35.9 Å². The summed E-state index contributed by atoms with van der Waals surface area (Å²) < 4.78 is 71.7. The van der Waals surface area contributed by atoms with E-state index in [9.17, 15) is 26.7 Å². The van der Waals surface area contributed by atoms with Gasteiger partial charge in [-0.1, -0.05) is 5.10 Å². The van der Waals surface area contributed by atoms with E-state index in [-0.39, 0.29) is 54.9 Å². The summed E-state index contributed by atoms with van der Waals surface area (Å²) in [4.78, 5) is 11.0. The number of nitrogens with one attached hydrogen (secondary N) is 1. The van der Waals surface area contributed by atoms with Gasteiger partial charge in [-0.2, -0.15) is 13.2 Å². The summed E-state index contributed by atoms with van der Waals surface area (Å²) in [7, 11) is 1.34. The second-order valence-corrected chi connectivity index (χ2v) is 6.21. The molecule has 0 spiro atoms. The minimum absolute atomic E-state index is 0.0425. The van der Waals surface area contributed by atoms with Gasteiger partial charge in [0.25, 0.3) is 0 Å². The fourth-order valence-electron chi connectivity index (χ4n) is 2.69. The van der Waals surface area contributed by atoms with E-state index in [1.165, 1.54) is 7.11 Å². The molecule has 1 aliphatic heterocycles. The molecular formula is C17H19F5N4O3. The van der Waals surface area contributed by atoms with Gasteiger partial charge < -0.3 is 20.2 Å². The first-order valence-corrected chi connectivity index (χ1v) is 8.53. The number of rotatable bonds is 5. The number of hydrogen-bond donors (Lipinski definition) is 2. The van der Waals surface area contributed by atoms with Gasteiger partial charge >= 0.3 is 12.2 Å². The molecule has 1 aliphatic rings. The number of nitrogen functional groups attached to an aromatic ring is 1. The number of nitrogens with two attached hydrogens (primary N) is 1. The summed E-state index contributed by atoms with van der Waals surface area (Å²) in [6.07, 6.45) is -4.82. The molecule has 0 aliphatic carbocycles. The third-order valence-corrected chi connectivity index (χ3v) is 4.01. The second-order valence-electron chi connectivity index (χ2n) is 6.21. The number of alkyl halides is 3. The lowest BCUT2D eigenvalue weighted by Gasteiger charge is -2.11. The summed E-state index contributed by atoms with van der Waals surface area (Å²) in [6, 6.07) is 2.13. The lowest BCUT2D eigenvalue weighted by Crippen LogP contribution is -2.14. The predicted molar refractivity (Wildman–Crippen MR) is 91.0 cm³/mol. The van der Waals surface area contributed by atoms with Crippen molar-refractivity contribution in [3.05, 3.63) is 35.2 Å². The van der Waals surface area contributed by atoms with Gasteiger partial charge in [0.15, 0.2) is 0 Å². The molecule has 12 heteroatoms. The molecule has 0 radical (unpaired) electrons. The van der Waals surface area contributed by atoms with E-state index in [0.29, 0.717) is 0 Å². The van der Waals surface area contributed by atoms with Crippen LogP contribution in [0.25, 0.3) is 0 Å². The molecule has 3 rings (SSSR count). The fraction of sp³-hybridized carbons (Fsp3) is 0.471. The minimum Gasteiger partial charge on any atom is -0.497 e. The lowest BCUT2D eigenvalue weighted by molar-refractivity contribution is -0.135. The summed E-state index contributed by atoms with van der Waals surface area (Å²) in [5, 5.41) is 9.29. The van der Waals surface area contributed by atoms with Crippen LogP contribution in [0.5, 0.6) is 5.75 Å². The zero-order valence-corrected chi connectivity index (χ0v) is 15.4. The van der Waals surface area contributed by atoms with Crippen LogP contribution in [0.2, 0.25) is 0 Å². The Kier molecular flexibility index (Phi) is 7.35. The number of hydrogen-bond acceptors (Lipinski definition) is 6. The van der Waals surface area contributed by atoms with Crippen molar-refractivity contribution in [1.82, 2.24) is 15.5 Å². The van der Waals surface area contributed by atoms with Crippen molar-refractivity contribution in [2.45, 2.75) is 37.8 Å². The Balaban J connectivity index is 0.000000212. The second kappa shape index (κ2) is 9.52. The largest absolute Gasteiger partial charge is 0.497 e. The monoisotopic (exact) mass is 422 g/mol. The van der Waals surface area contributed by atoms with Crippen LogP contribution >= 0.6 is 0 Å². The SMILES string of the molecule is COc1cc(F)c(C2CNC(=O)C2)c(F)c1.Nc1nnc(CCCC(F)(F)F)o1. The van der Waals surface area contributed by atoms with Crippen LogP contribution in [0.1, 0.15) is 36.6 Å². The van der Waals surface area contributed by atoms with Gasteiger partial charge in [0.2, 0.25) is 11.8 Å². The zero-order valence-electron chi connectivity index (χ0n) is 15.4. The van der Waals surface area contributed by atoms with Gasteiger partial charge in [-0.05, 0) is 6.42 Å². The fourth-order valence-corrected chi connectivity index (χ4v) is 2.69. The number of amides is 1. The highest BCUT2D eigenvalue weighted by molar-refractivity contribution is 5.79. The number of aryl methyl sites for hydroxylation is 1. The highest BCUT2D eigenvalue weighted by Gasteiger charge is 2.28. The Labute approximate surface area is 162 Å². The number of carbonyl (C=O) groups excluding carboxylic acids is 1. The molecule has 1 fully saturated rings. The molecule has 1 saturated heterocycles. The third kappa shape index (κ3) is 6.88. The molecular weight excluding hydrogens is 403 g/mol. The van der Waals surface area contributed by atoms with E-state index < -0.39 is 30.1 Å². The van der Waals surface area contributed by atoms with E-state index in [0.717, 1.165) is 12.1 Å². The molecule has 0 bridgehead atoms. The number of halogens is 5. The molecule has 1 aromatic carbocycles. The van der Waals surface area contributed by atoms with E-state index in [2.05, 4.69) is 19.9 Å². The third-order valence-electron chi connectivity index (χ3n) is 4.01. The Hall–Kier alpha value is -2.92. The number of nitrogens with zero attached hydrogens (tertiary/aromatic N) is 2. The van der Waals surface area contributed by atoms with Crippen LogP contribution in [-0.4, -0.2) is 35.9 Å². The topological polar surface area (TPSA) is 103 Å². The van der Waals surface area contributed by atoms with E-state index in [1.54, 1.807) is 0 Å². The number of methoxy groups -OCH3 is 1. The molecule has 1 amide bonds. The van der Waals surface area contributed by atoms with E-state index in [4.69, 9.17) is 10.5 Å². The molecule has 29 heavy (non-hydrogen) atoms. The van der Waals surface area contributed by atoms with E-state index >= 15 is 0 Å². The van der Waals surface area contributed by atoms with Crippen molar-refractivity contribution in [3.8, 4) is 5.75 Å². The number of ether oxygens (including phenoxy) is 1. The van der Waals surface area contributed by atoms with Crippen LogP contribution in [-0.2, 0) is 11.2 Å². The van der Waals surface area contributed by atoms with Crippen molar-refractivity contribution in [2.75, 3.05) is 19.4 Å². The predicted octanol–water partition coefficient (Wildman–Crippen LogP) is 3.11. The van der Waals surface area contributed by atoms with E-state index in [1.807, 2.05) is 0 Å². The molecule has 1 aromatic heterocycles. The molecule has 0 saturated carbocycles. The van der Waals surface area contributed by atoms with Crippen LogP contribution in [0.3, 0.4) is 0 Å². The van der Waals surface area contributed by atoms with Gasteiger partial charge in [0.1, 0.15) is 17.4 Å². The smallest absolute Gasteiger partial charge is 0.389 e. The van der Waals surface area contributed by atoms with Crippen molar-refractivity contribution in [1.29, 1.82) is 0 Å². The van der Waals surface area contributed by atoms with Crippen molar-refractivity contribution in [2.24, 2.45) is 0 Å². The molecule has 160 valence electrons. The number of aromatic nitrogens is 2. The molecule has 3 N–H and O–H groups in total. The van der Waals surface area contributed by atoms with Gasteiger partial charge in [0.05, 0.1) is 7.11 Å². The Morgan fingerprint density at radius 2 is 1.93 bits per heavy atom. The number of carbonyl (C=O) groups is 1. The van der Waals surface area contributed by atoms with Gasteiger partial charge in [-0.15, -0.1) is 5.10 Å². The first-order chi connectivity index (χ1) is 13.6. The first kappa shape index (κ1) is 22.4. The average molecular weight is 422 g/mol. The van der Waals surface area contributed by atoms with Crippen molar-refractivity contribution >= 4 is 11.9 Å².